The molecule has 0 aromatic heterocycles. The Bertz CT molecular complexity index is 212. The average molecular weight is 213 g/mol. The van der Waals surface area contributed by atoms with Crippen molar-refractivity contribution in [3.05, 3.63) is 11.6 Å². The topological polar surface area (TPSA) is 63.3 Å². The van der Waals surface area contributed by atoms with Gasteiger partial charge in [0.25, 0.3) is 0 Å². The first-order valence-corrected chi connectivity index (χ1v) is 5.74. The van der Waals surface area contributed by atoms with Crippen molar-refractivity contribution >= 4 is 5.91 Å². The number of primary amides is 1. The van der Waals surface area contributed by atoms with Gasteiger partial charge in [-0.2, -0.15) is 0 Å². The number of hydrogen-bond donors (Lipinski definition) is 2. The molecule has 0 aliphatic carbocycles. The summed E-state index contributed by atoms with van der Waals surface area (Å²) < 4.78 is 0. The number of rotatable bonds is 8. The Kier molecular flexibility index (Phi) is 8.01. The second-order valence-electron chi connectivity index (χ2n) is 3.96. The minimum Gasteiger partial charge on any atom is -0.392 e. The van der Waals surface area contributed by atoms with Crippen LogP contribution in [0.5, 0.6) is 0 Å². The molecule has 3 nitrogen and oxygen atoms in total. The summed E-state index contributed by atoms with van der Waals surface area (Å²) in [5, 5.41) is 8.76. The molecule has 3 N–H and O–H groups in total. The first-order chi connectivity index (χ1) is 7.13. The largest absolute Gasteiger partial charge is 0.392 e. The molecular formula is C12H23NO2. The summed E-state index contributed by atoms with van der Waals surface area (Å²) in [6.45, 7) is 4.04. The van der Waals surface area contributed by atoms with Gasteiger partial charge in [0, 0.05) is 5.57 Å². The second kappa shape index (κ2) is 8.48. The molecule has 0 aromatic carbocycles. The van der Waals surface area contributed by atoms with Gasteiger partial charge in [-0.15, -0.1) is 0 Å². The maximum atomic E-state index is 11.1. The molecule has 0 fully saturated rings. The molecule has 1 unspecified atom stereocenters. The molecule has 0 radical (unpaired) electrons. The highest BCUT2D eigenvalue weighted by Gasteiger charge is 2.13. The van der Waals surface area contributed by atoms with Crippen LogP contribution >= 0.6 is 0 Å². The molecule has 0 saturated heterocycles. The van der Waals surface area contributed by atoms with Crippen LogP contribution in [0.15, 0.2) is 11.6 Å². The first-order valence-electron chi connectivity index (χ1n) is 5.74. The van der Waals surface area contributed by atoms with Gasteiger partial charge in [-0.25, -0.2) is 0 Å². The predicted molar refractivity (Wildman–Crippen MR) is 62.3 cm³/mol. The summed E-state index contributed by atoms with van der Waals surface area (Å²) in [7, 11) is 0. The lowest BCUT2D eigenvalue weighted by atomic mass is 9.94. The average Bonchev–Trinajstić information content (AvgIpc) is 2.20. The Morgan fingerprint density at radius 3 is 2.53 bits per heavy atom. The molecule has 0 bridgehead atoms. The molecule has 0 spiro atoms. The smallest absolute Gasteiger partial charge is 0.244 e. The maximum absolute atomic E-state index is 11.1. The van der Waals surface area contributed by atoms with E-state index >= 15 is 0 Å². The minimum absolute atomic E-state index is 0.114. The number of carbonyl (C=O) groups is 1. The van der Waals surface area contributed by atoms with E-state index in [-0.39, 0.29) is 12.5 Å². The summed E-state index contributed by atoms with van der Waals surface area (Å²) >= 11 is 0. The lowest BCUT2D eigenvalue weighted by Gasteiger charge is -2.12. The number of aliphatic hydroxyl groups is 1. The molecule has 1 amide bonds. The molecule has 88 valence electrons. The van der Waals surface area contributed by atoms with E-state index in [4.69, 9.17) is 10.8 Å². The van der Waals surface area contributed by atoms with Crippen LogP contribution in [0.2, 0.25) is 0 Å². The lowest BCUT2D eigenvalue weighted by Crippen LogP contribution is -2.19. The van der Waals surface area contributed by atoms with Crippen molar-refractivity contribution in [1.82, 2.24) is 0 Å². The van der Waals surface area contributed by atoms with E-state index in [1.54, 1.807) is 0 Å². The second-order valence-corrected chi connectivity index (χ2v) is 3.96. The third-order valence-electron chi connectivity index (χ3n) is 2.62. The standard InChI is InChI=1S/C12H23NO2/c1-3-4-5-6-7-10(2)11(8-9-14)12(13)15/h8,10,14H,3-7,9H2,1-2H3,(H2,13,15). The van der Waals surface area contributed by atoms with Crippen molar-refractivity contribution in [2.24, 2.45) is 11.7 Å². The summed E-state index contributed by atoms with van der Waals surface area (Å²) in [6, 6.07) is 0. The van der Waals surface area contributed by atoms with Gasteiger partial charge in [0.15, 0.2) is 0 Å². The normalized spacial score (nSPS) is 13.9. The summed E-state index contributed by atoms with van der Waals surface area (Å²) in [4.78, 5) is 11.1. The van der Waals surface area contributed by atoms with E-state index in [1.807, 2.05) is 6.92 Å². The molecule has 0 heterocycles. The van der Waals surface area contributed by atoms with Crippen molar-refractivity contribution in [2.75, 3.05) is 6.61 Å². The highest BCUT2D eigenvalue weighted by Crippen LogP contribution is 2.18. The fourth-order valence-corrected chi connectivity index (χ4v) is 1.68. The van der Waals surface area contributed by atoms with Crippen LogP contribution in [0.3, 0.4) is 0 Å². The highest BCUT2D eigenvalue weighted by atomic mass is 16.2. The van der Waals surface area contributed by atoms with Crippen molar-refractivity contribution < 1.29 is 9.90 Å². The van der Waals surface area contributed by atoms with Crippen LogP contribution in [0.1, 0.15) is 46.0 Å². The van der Waals surface area contributed by atoms with E-state index in [0.29, 0.717) is 5.57 Å². The summed E-state index contributed by atoms with van der Waals surface area (Å²) in [6.07, 6.45) is 7.25. The quantitative estimate of drug-likeness (QED) is 0.478. The predicted octanol–water partition coefficient (Wildman–Crippen LogP) is 2.00. The van der Waals surface area contributed by atoms with E-state index < -0.39 is 5.91 Å². The molecule has 0 rings (SSSR count). The van der Waals surface area contributed by atoms with E-state index in [1.165, 1.54) is 25.3 Å². The Labute approximate surface area is 92.4 Å². The van der Waals surface area contributed by atoms with Crippen LogP contribution in [0.4, 0.5) is 0 Å². The zero-order valence-electron chi connectivity index (χ0n) is 9.83. The first kappa shape index (κ1) is 14.2. The Hall–Kier alpha value is -0.830. The van der Waals surface area contributed by atoms with Crippen molar-refractivity contribution in [1.29, 1.82) is 0 Å². The fraction of sp³-hybridized carbons (Fsp3) is 0.750. The van der Waals surface area contributed by atoms with Crippen LogP contribution in [-0.2, 0) is 4.79 Å². The molecule has 0 aromatic rings. The van der Waals surface area contributed by atoms with Gasteiger partial charge in [-0.05, 0) is 12.3 Å². The monoisotopic (exact) mass is 213 g/mol. The molecule has 0 aliphatic rings. The number of carbonyl (C=O) groups excluding carboxylic acids is 1. The van der Waals surface area contributed by atoms with Gasteiger partial charge in [-0.1, -0.05) is 45.6 Å². The molecule has 0 aliphatic heterocycles. The summed E-state index contributed by atoms with van der Waals surface area (Å²) in [5.41, 5.74) is 5.80. The molecule has 1 atom stereocenters. The van der Waals surface area contributed by atoms with Crippen molar-refractivity contribution in [3.63, 3.8) is 0 Å². The number of hydrogen-bond acceptors (Lipinski definition) is 2. The number of unbranched alkanes of at least 4 members (excludes halogenated alkanes) is 3. The molecule has 15 heavy (non-hydrogen) atoms. The van der Waals surface area contributed by atoms with Crippen LogP contribution in [0.25, 0.3) is 0 Å². The zero-order chi connectivity index (χ0) is 11.7. The molecule has 0 saturated carbocycles. The minimum atomic E-state index is -0.410. The Morgan fingerprint density at radius 1 is 1.40 bits per heavy atom. The Balaban J connectivity index is 3.99. The van der Waals surface area contributed by atoms with E-state index in [0.717, 1.165) is 12.8 Å². The van der Waals surface area contributed by atoms with Gasteiger partial charge in [0.05, 0.1) is 6.61 Å². The fourth-order valence-electron chi connectivity index (χ4n) is 1.68. The molecule has 3 heteroatoms. The number of aliphatic hydroxyl groups excluding tert-OH is 1. The lowest BCUT2D eigenvalue weighted by molar-refractivity contribution is -0.115. The van der Waals surface area contributed by atoms with Gasteiger partial charge in [0.1, 0.15) is 0 Å². The van der Waals surface area contributed by atoms with Gasteiger partial charge >= 0.3 is 0 Å². The van der Waals surface area contributed by atoms with Crippen LogP contribution in [0, 0.1) is 5.92 Å². The SMILES string of the molecule is CCCCCCC(C)C(=CCO)C(N)=O. The van der Waals surface area contributed by atoms with Gasteiger partial charge in [0.2, 0.25) is 5.91 Å². The number of amides is 1. The summed E-state index contributed by atoms with van der Waals surface area (Å²) in [5.74, 6) is -0.251. The van der Waals surface area contributed by atoms with E-state index in [9.17, 15) is 4.79 Å². The van der Waals surface area contributed by atoms with E-state index in [2.05, 4.69) is 6.92 Å². The van der Waals surface area contributed by atoms with Gasteiger partial charge < -0.3 is 10.8 Å². The van der Waals surface area contributed by atoms with Crippen LogP contribution < -0.4 is 5.73 Å². The van der Waals surface area contributed by atoms with Crippen molar-refractivity contribution in [2.45, 2.75) is 46.0 Å². The van der Waals surface area contributed by atoms with Gasteiger partial charge in [-0.3, -0.25) is 4.79 Å². The highest BCUT2D eigenvalue weighted by molar-refractivity contribution is 5.92. The molecular weight excluding hydrogens is 190 g/mol. The zero-order valence-corrected chi connectivity index (χ0v) is 9.83. The maximum Gasteiger partial charge on any atom is 0.244 e. The third kappa shape index (κ3) is 6.28. The number of nitrogens with two attached hydrogens (primary N) is 1. The van der Waals surface area contributed by atoms with Crippen LogP contribution in [-0.4, -0.2) is 17.6 Å². The Morgan fingerprint density at radius 2 is 2.07 bits per heavy atom. The third-order valence-corrected chi connectivity index (χ3v) is 2.62. The van der Waals surface area contributed by atoms with Crippen molar-refractivity contribution in [3.8, 4) is 0 Å².